The van der Waals surface area contributed by atoms with Gasteiger partial charge in [0, 0.05) is 10.4 Å². The SMILES string of the molecule is O=C(Nc1ccc(F)cc1Br)C1CC12CCNCC2. The number of hydrogen-bond donors (Lipinski definition) is 2. The number of benzene rings is 1. The summed E-state index contributed by atoms with van der Waals surface area (Å²) < 4.78 is 13.6. The van der Waals surface area contributed by atoms with Crippen LogP contribution in [0.15, 0.2) is 22.7 Å². The van der Waals surface area contributed by atoms with Crippen molar-refractivity contribution in [3.05, 3.63) is 28.5 Å². The quantitative estimate of drug-likeness (QED) is 0.877. The van der Waals surface area contributed by atoms with Gasteiger partial charge < -0.3 is 10.6 Å². The molecule has 2 aliphatic rings. The zero-order valence-electron chi connectivity index (χ0n) is 10.5. The molecule has 2 N–H and O–H groups in total. The van der Waals surface area contributed by atoms with Crippen LogP contribution in [0.25, 0.3) is 0 Å². The molecule has 5 heteroatoms. The smallest absolute Gasteiger partial charge is 0.228 e. The van der Waals surface area contributed by atoms with Crippen LogP contribution in [-0.2, 0) is 4.79 Å². The molecule has 1 aliphatic heterocycles. The zero-order chi connectivity index (χ0) is 13.5. The van der Waals surface area contributed by atoms with Crippen molar-refractivity contribution in [2.75, 3.05) is 18.4 Å². The van der Waals surface area contributed by atoms with Crippen LogP contribution in [0.3, 0.4) is 0 Å². The van der Waals surface area contributed by atoms with Crippen LogP contribution in [0.1, 0.15) is 19.3 Å². The molecule has 2 fully saturated rings. The van der Waals surface area contributed by atoms with Gasteiger partial charge in [-0.15, -0.1) is 0 Å². The van der Waals surface area contributed by atoms with E-state index in [4.69, 9.17) is 0 Å². The van der Waals surface area contributed by atoms with Gasteiger partial charge in [0.2, 0.25) is 5.91 Å². The van der Waals surface area contributed by atoms with Crippen LogP contribution in [0, 0.1) is 17.2 Å². The number of rotatable bonds is 2. The number of nitrogens with one attached hydrogen (secondary N) is 2. The lowest BCUT2D eigenvalue weighted by atomic mass is 9.92. The second-order valence-electron chi connectivity index (χ2n) is 5.48. The molecule has 0 bridgehead atoms. The molecule has 102 valence electrons. The molecular weight excluding hydrogens is 311 g/mol. The summed E-state index contributed by atoms with van der Waals surface area (Å²) in [7, 11) is 0. The van der Waals surface area contributed by atoms with Gasteiger partial charge in [-0.3, -0.25) is 4.79 Å². The van der Waals surface area contributed by atoms with Crippen molar-refractivity contribution in [3.8, 4) is 0 Å². The molecule has 0 radical (unpaired) electrons. The predicted octanol–water partition coefficient (Wildman–Crippen LogP) is 2.92. The first-order chi connectivity index (χ1) is 9.11. The molecule has 1 aromatic rings. The molecule has 1 amide bonds. The van der Waals surface area contributed by atoms with Gasteiger partial charge in [0.05, 0.1) is 5.69 Å². The maximum absolute atomic E-state index is 13.0. The Labute approximate surface area is 120 Å². The normalized spacial score (nSPS) is 24.2. The maximum Gasteiger partial charge on any atom is 0.228 e. The van der Waals surface area contributed by atoms with Gasteiger partial charge in [0.1, 0.15) is 5.82 Å². The van der Waals surface area contributed by atoms with Crippen molar-refractivity contribution in [2.45, 2.75) is 19.3 Å². The number of halogens is 2. The van der Waals surface area contributed by atoms with Gasteiger partial charge >= 0.3 is 0 Å². The molecule has 1 aromatic carbocycles. The minimum absolute atomic E-state index is 0.0641. The van der Waals surface area contributed by atoms with Crippen LogP contribution >= 0.6 is 15.9 Å². The molecular formula is C14H16BrFN2O. The summed E-state index contributed by atoms with van der Waals surface area (Å²) in [6.45, 7) is 2.01. The molecule has 3 rings (SSSR count). The number of anilines is 1. The monoisotopic (exact) mass is 326 g/mol. The van der Waals surface area contributed by atoms with E-state index < -0.39 is 0 Å². The largest absolute Gasteiger partial charge is 0.325 e. The Kier molecular flexibility index (Phi) is 3.35. The van der Waals surface area contributed by atoms with Crippen molar-refractivity contribution in [3.63, 3.8) is 0 Å². The van der Waals surface area contributed by atoms with E-state index in [2.05, 4.69) is 26.6 Å². The highest BCUT2D eigenvalue weighted by Crippen LogP contribution is 2.58. The summed E-state index contributed by atoms with van der Waals surface area (Å²) >= 11 is 3.27. The number of piperidine rings is 1. The molecule has 3 nitrogen and oxygen atoms in total. The van der Waals surface area contributed by atoms with Gasteiger partial charge in [-0.25, -0.2) is 4.39 Å². The van der Waals surface area contributed by atoms with Crippen molar-refractivity contribution >= 4 is 27.5 Å². The average molecular weight is 327 g/mol. The highest BCUT2D eigenvalue weighted by atomic mass is 79.9. The van der Waals surface area contributed by atoms with E-state index in [1.54, 1.807) is 6.07 Å². The van der Waals surface area contributed by atoms with E-state index in [9.17, 15) is 9.18 Å². The average Bonchev–Trinajstić information content (AvgIpc) is 3.07. The summed E-state index contributed by atoms with van der Waals surface area (Å²) in [5.74, 6) is -0.133. The standard InChI is InChI=1S/C14H16BrFN2O/c15-11-7-9(16)1-2-12(11)18-13(19)10-8-14(10)3-5-17-6-4-14/h1-2,7,10,17H,3-6,8H2,(H,18,19). The Hall–Kier alpha value is -0.940. The summed E-state index contributed by atoms with van der Waals surface area (Å²) in [5, 5.41) is 6.22. The van der Waals surface area contributed by atoms with Crippen LogP contribution in [-0.4, -0.2) is 19.0 Å². The highest BCUT2D eigenvalue weighted by molar-refractivity contribution is 9.10. The maximum atomic E-state index is 13.0. The third-order valence-corrected chi connectivity index (χ3v) is 4.95. The molecule has 1 spiro atoms. The number of carbonyl (C=O) groups excluding carboxylic acids is 1. The van der Waals surface area contributed by atoms with Crippen molar-refractivity contribution < 1.29 is 9.18 Å². The Bertz CT molecular complexity index is 514. The molecule has 1 atom stereocenters. The first kappa shape index (κ1) is 13.1. The Morgan fingerprint density at radius 2 is 2.16 bits per heavy atom. The van der Waals surface area contributed by atoms with Crippen LogP contribution in [0.4, 0.5) is 10.1 Å². The van der Waals surface area contributed by atoms with Crippen LogP contribution in [0.5, 0.6) is 0 Å². The van der Waals surface area contributed by atoms with E-state index in [1.165, 1.54) is 12.1 Å². The van der Waals surface area contributed by atoms with Gasteiger partial charge in [-0.05, 0) is 71.9 Å². The second-order valence-corrected chi connectivity index (χ2v) is 6.34. The summed E-state index contributed by atoms with van der Waals surface area (Å²) in [6, 6.07) is 4.31. The molecule has 1 heterocycles. The Morgan fingerprint density at radius 3 is 2.84 bits per heavy atom. The van der Waals surface area contributed by atoms with Crippen LogP contribution in [0.2, 0.25) is 0 Å². The fraction of sp³-hybridized carbons (Fsp3) is 0.500. The van der Waals surface area contributed by atoms with E-state index in [1.807, 2.05) is 0 Å². The topological polar surface area (TPSA) is 41.1 Å². The van der Waals surface area contributed by atoms with Crippen molar-refractivity contribution in [1.29, 1.82) is 0 Å². The van der Waals surface area contributed by atoms with E-state index in [0.717, 1.165) is 32.4 Å². The highest BCUT2D eigenvalue weighted by Gasteiger charge is 2.57. The van der Waals surface area contributed by atoms with Crippen molar-refractivity contribution in [1.82, 2.24) is 5.32 Å². The molecule has 1 saturated heterocycles. The zero-order valence-corrected chi connectivity index (χ0v) is 12.1. The number of carbonyl (C=O) groups is 1. The van der Waals surface area contributed by atoms with E-state index >= 15 is 0 Å². The fourth-order valence-electron chi connectivity index (χ4n) is 3.01. The second kappa shape index (κ2) is 4.87. The minimum atomic E-state index is -0.314. The lowest BCUT2D eigenvalue weighted by Crippen LogP contribution is -2.31. The van der Waals surface area contributed by atoms with Gasteiger partial charge in [-0.1, -0.05) is 0 Å². The predicted molar refractivity (Wildman–Crippen MR) is 75.4 cm³/mol. The molecule has 1 saturated carbocycles. The summed E-state index contributed by atoms with van der Waals surface area (Å²) in [6.07, 6.45) is 3.14. The lowest BCUT2D eigenvalue weighted by Gasteiger charge is -2.23. The number of amides is 1. The van der Waals surface area contributed by atoms with E-state index in [0.29, 0.717) is 10.2 Å². The number of hydrogen-bond acceptors (Lipinski definition) is 2. The van der Waals surface area contributed by atoms with Crippen molar-refractivity contribution in [2.24, 2.45) is 11.3 Å². The molecule has 1 aliphatic carbocycles. The van der Waals surface area contributed by atoms with Gasteiger partial charge in [0.15, 0.2) is 0 Å². The molecule has 19 heavy (non-hydrogen) atoms. The first-order valence-electron chi connectivity index (χ1n) is 6.57. The third kappa shape index (κ3) is 2.54. The third-order valence-electron chi connectivity index (χ3n) is 4.29. The van der Waals surface area contributed by atoms with Gasteiger partial charge in [-0.2, -0.15) is 0 Å². The first-order valence-corrected chi connectivity index (χ1v) is 7.37. The van der Waals surface area contributed by atoms with E-state index in [-0.39, 0.29) is 23.1 Å². The Morgan fingerprint density at radius 1 is 1.42 bits per heavy atom. The van der Waals surface area contributed by atoms with Gasteiger partial charge in [0.25, 0.3) is 0 Å². The molecule has 0 aromatic heterocycles. The summed E-state index contributed by atoms with van der Waals surface area (Å²) in [4.78, 5) is 12.2. The Balaban J connectivity index is 1.66. The summed E-state index contributed by atoms with van der Waals surface area (Å²) in [5.41, 5.74) is 0.865. The van der Waals surface area contributed by atoms with Crippen LogP contribution < -0.4 is 10.6 Å². The molecule has 1 unspecified atom stereocenters. The minimum Gasteiger partial charge on any atom is -0.325 e. The lowest BCUT2D eigenvalue weighted by molar-refractivity contribution is -0.118. The fourth-order valence-corrected chi connectivity index (χ4v) is 3.46.